The number of benzene rings is 1. The third-order valence-electron chi connectivity index (χ3n) is 2.67. The van der Waals surface area contributed by atoms with Crippen LogP contribution >= 0.6 is 11.6 Å². The molecular weight excluding hydrogens is 310 g/mol. The minimum Gasteiger partial charge on any atom is -0.395 e. The second-order valence-electron chi connectivity index (χ2n) is 5.07. The normalized spacial score (nSPS) is 11.1. The Hall–Kier alpha value is -1.22. The van der Waals surface area contributed by atoms with Gasteiger partial charge in [-0.05, 0) is 30.5 Å². The monoisotopic (exact) mass is 329 g/mol. The summed E-state index contributed by atoms with van der Waals surface area (Å²) in [7, 11) is -3.42. The number of hydrogen-bond donors (Lipinski definition) is 2. The molecule has 0 saturated heterocycles. The molecule has 0 spiro atoms. The van der Waals surface area contributed by atoms with E-state index in [2.05, 4.69) is 16.6 Å². The largest absolute Gasteiger partial charge is 0.395 e. The van der Waals surface area contributed by atoms with Crippen LogP contribution < -0.4 is 4.72 Å². The number of nitrogens with one attached hydrogen (secondary N) is 1. The van der Waals surface area contributed by atoms with E-state index in [1.54, 1.807) is 18.2 Å². The van der Waals surface area contributed by atoms with E-state index >= 15 is 0 Å². The summed E-state index contributed by atoms with van der Waals surface area (Å²) in [6.07, 6.45) is 0.959. The fraction of sp³-hybridized carbons (Fsp3) is 0.467. The zero-order valence-electron chi connectivity index (χ0n) is 12.2. The Morgan fingerprint density at radius 1 is 1.38 bits per heavy atom. The van der Waals surface area contributed by atoms with E-state index in [1.807, 2.05) is 13.8 Å². The predicted molar refractivity (Wildman–Crippen MR) is 86.9 cm³/mol. The molecule has 0 aliphatic rings. The number of rotatable bonds is 6. The van der Waals surface area contributed by atoms with E-state index in [1.165, 1.54) is 0 Å². The first-order valence-electron chi connectivity index (χ1n) is 6.74. The maximum absolute atomic E-state index is 12.0. The van der Waals surface area contributed by atoms with Gasteiger partial charge in [0.15, 0.2) is 0 Å². The first kappa shape index (κ1) is 17.8. The molecule has 0 saturated carbocycles. The molecule has 0 radical (unpaired) electrons. The fourth-order valence-corrected chi connectivity index (χ4v) is 3.12. The van der Waals surface area contributed by atoms with Gasteiger partial charge in [0.1, 0.15) is 0 Å². The molecule has 1 rings (SSSR count). The van der Waals surface area contributed by atoms with E-state index in [-0.39, 0.29) is 12.4 Å². The third kappa shape index (κ3) is 6.85. The van der Waals surface area contributed by atoms with Crippen LogP contribution in [-0.2, 0) is 10.0 Å². The molecule has 0 bridgehead atoms. The van der Waals surface area contributed by atoms with Gasteiger partial charge in [0.2, 0.25) is 10.0 Å². The molecule has 1 aromatic rings. The van der Waals surface area contributed by atoms with Crippen LogP contribution in [0.1, 0.15) is 32.3 Å². The van der Waals surface area contributed by atoms with Crippen LogP contribution in [0.15, 0.2) is 18.2 Å². The Morgan fingerprint density at radius 3 is 2.71 bits per heavy atom. The summed E-state index contributed by atoms with van der Waals surface area (Å²) in [5.74, 6) is 6.00. The van der Waals surface area contributed by atoms with Crippen molar-refractivity contribution in [2.75, 3.05) is 17.1 Å². The van der Waals surface area contributed by atoms with Gasteiger partial charge in [0.05, 0.1) is 23.1 Å². The first-order chi connectivity index (χ1) is 9.84. The fourth-order valence-electron chi connectivity index (χ4n) is 1.51. The highest BCUT2D eigenvalue weighted by Crippen LogP contribution is 2.24. The van der Waals surface area contributed by atoms with E-state index in [0.29, 0.717) is 35.0 Å². The highest BCUT2D eigenvalue weighted by molar-refractivity contribution is 7.92. The summed E-state index contributed by atoms with van der Waals surface area (Å²) in [5.41, 5.74) is 0.977. The lowest BCUT2D eigenvalue weighted by atomic mass is 10.2. The molecule has 0 aliphatic carbocycles. The molecule has 2 N–H and O–H groups in total. The Morgan fingerprint density at radius 2 is 2.10 bits per heavy atom. The molecule has 0 aromatic heterocycles. The molecule has 6 heteroatoms. The molecule has 21 heavy (non-hydrogen) atoms. The molecule has 0 heterocycles. The van der Waals surface area contributed by atoms with Gasteiger partial charge in [-0.3, -0.25) is 4.72 Å². The molecule has 0 amide bonds. The summed E-state index contributed by atoms with van der Waals surface area (Å²) in [4.78, 5) is 0. The SMILES string of the molecule is CC(C)CCS(=O)(=O)Nc1cc(C#CCCO)ccc1Cl. The van der Waals surface area contributed by atoms with Crippen LogP contribution in [0.5, 0.6) is 0 Å². The van der Waals surface area contributed by atoms with Crippen LogP contribution in [0.4, 0.5) is 5.69 Å². The predicted octanol–water partition coefficient (Wildman–Crippen LogP) is 2.86. The van der Waals surface area contributed by atoms with E-state index in [9.17, 15) is 8.42 Å². The lowest BCUT2D eigenvalue weighted by Gasteiger charge is -2.11. The summed E-state index contributed by atoms with van der Waals surface area (Å²) in [6, 6.07) is 4.91. The van der Waals surface area contributed by atoms with Gasteiger partial charge in [0.25, 0.3) is 0 Å². The number of hydrogen-bond acceptors (Lipinski definition) is 3. The standard InChI is InChI=1S/C15H20ClNO3S/c1-12(2)8-10-21(19,20)17-15-11-13(5-3-4-9-18)6-7-14(15)16/h6-7,11-12,17-18H,4,8-10H2,1-2H3. The number of halogens is 1. The molecule has 0 atom stereocenters. The molecule has 0 unspecified atom stereocenters. The smallest absolute Gasteiger partial charge is 0.232 e. The van der Waals surface area contributed by atoms with Crippen molar-refractivity contribution >= 4 is 27.3 Å². The van der Waals surface area contributed by atoms with Gasteiger partial charge in [-0.25, -0.2) is 8.42 Å². The van der Waals surface area contributed by atoms with Crippen molar-refractivity contribution < 1.29 is 13.5 Å². The van der Waals surface area contributed by atoms with Gasteiger partial charge in [-0.2, -0.15) is 0 Å². The minimum atomic E-state index is -3.42. The molecule has 0 aliphatic heterocycles. The average molecular weight is 330 g/mol. The van der Waals surface area contributed by atoms with Crippen LogP contribution in [0.2, 0.25) is 5.02 Å². The van der Waals surface area contributed by atoms with E-state index < -0.39 is 10.0 Å². The van der Waals surface area contributed by atoms with Gasteiger partial charge in [-0.1, -0.05) is 37.3 Å². The van der Waals surface area contributed by atoms with Crippen molar-refractivity contribution in [3.05, 3.63) is 28.8 Å². The maximum Gasteiger partial charge on any atom is 0.232 e. The zero-order chi connectivity index (χ0) is 15.9. The minimum absolute atomic E-state index is 0.00468. The highest BCUT2D eigenvalue weighted by Gasteiger charge is 2.13. The molecule has 4 nitrogen and oxygen atoms in total. The van der Waals surface area contributed by atoms with Crippen LogP contribution in [0.25, 0.3) is 0 Å². The van der Waals surface area contributed by atoms with Crippen LogP contribution in [-0.4, -0.2) is 25.9 Å². The van der Waals surface area contributed by atoms with E-state index in [0.717, 1.165) is 0 Å². The van der Waals surface area contributed by atoms with Crippen molar-refractivity contribution in [2.45, 2.75) is 26.7 Å². The van der Waals surface area contributed by atoms with Crippen molar-refractivity contribution in [2.24, 2.45) is 5.92 Å². The van der Waals surface area contributed by atoms with Crippen molar-refractivity contribution in [3.63, 3.8) is 0 Å². The topological polar surface area (TPSA) is 66.4 Å². The van der Waals surface area contributed by atoms with Crippen molar-refractivity contribution in [1.29, 1.82) is 0 Å². The Kier molecular flexibility index (Phi) is 7.03. The van der Waals surface area contributed by atoms with Gasteiger partial charge in [0, 0.05) is 12.0 Å². The number of sulfonamides is 1. The van der Waals surface area contributed by atoms with Gasteiger partial charge < -0.3 is 5.11 Å². The van der Waals surface area contributed by atoms with Crippen molar-refractivity contribution in [1.82, 2.24) is 0 Å². The quantitative estimate of drug-likeness (QED) is 0.789. The van der Waals surface area contributed by atoms with Crippen molar-refractivity contribution in [3.8, 4) is 11.8 Å². The zero-order valence-corrected chi connectivity index (χ0v) is 13.8. The molecule has 116 valence electrons. The molecule has 1 aromatic carbocycles. The Bertz CT molecular complexity index is 630. The average Bonchev–Trinajstić information content (AvgIpc) is 2.40. The summed E-state index contributed by atoms with van der Waals surface area (Å²) in [6.45, 7) is 3.94. The lowest BCUT2D eigenvalue weighted by molar-refractivity contribution is 0.305. The molecule has 0 fully saturated rings. The highest BCUT2D eigenvalue weighted by atomic mass is 35.5. The van der Waals surface area contributed by atoms with Gasteiger partial charge in [-0.15, -0.1) is 0 Å². The third-order valence-corrected chi connectivity index (χ3v) is 4.30. The summed E-state index contributed by atoms with van der Waals surface area (Å²) < 4.78 is 26.5. The Labute approximate surface area is 131 Å². The van der Waals surface area contributed by atoms with Gasteiger partial charge >= 0.3 is 0 Å². The lowest BCUT2D eigenvalue weighted by Crippen LogP contribution is -2.18. The summed E-state index contributed by atoms with van der Waals surface area (Å²) >= 11 is 6.01. The van der Waals surface area contributed by atoms with E-state index in [4.69, 9.17) is 16.7 Å². The van der Waals surface area contributed by atoms with Crippen LogP contribution in [0, 0.1) is 17.8 Å². The molecular formula is C15H20ClNO3S. The maximum atomic E-state index is 12.0. The number of aliphatic hydroxyl groups excluding tert-OH is 1. The second-order valence-corrected chi connectivity index (χ2v) is 7.32. The second kappa shape index (κ2) is 8.28. The Balaban J connectivity index is 2.88. The number of aliphatic hydroxyl groups is 1. The number of anilines is 1. The van der Waals surface area contributed by atoms with Crippen LogP contribution in [0.3, 0.4) is 0 Å². The summed E-state index contributed by atoms with van der Waals surface area (Å²) in [5, 5.41) is 9.01. The first-order valence-corrected chi connectivity index (χ1v) is 8.77.